The molecule has 0 aliphatic rings. The van der Waals surface area contributed by atoms with Gasteiger partial charge in [0.05, 0.1) is 31.0 Å². The van der Waals surface area contributed by atoms with E-state index >= 15 is 0 Å². The minimum absolute atomic E-state index is 0.0259. The third-order valence-corrected chi connectivity index (χ3v) is 4.40. The number of alkyl halides is 2. The summed E-state index contributed by atoms with van der Waals surface area (Å²) in [5.74, 6) is -1.10. The number of carbonyl (C=O) groups excluding carboxylic acids is 2. The van der Waals surface area contributed by atoms with Crippen LogP contribution < -0.4 is 24.8 Å². The zero-order valence-electron chi connectivity index (χ0n) is 17.2. The molecule has 0 radical (unpaired) electrons. The number of hydrogen-bond donors (Lipinski definition) is 2. The van der Waals surface area contributed by atoms with Gasteiger partial charge in [0.25, 0.3) is 11.8 Å². The Morgan fingerprint density at radius 3 is 2.22 bits per heavy atom. The van der Waals surface area contributed by atoms with Crippen LogP contribution in [0.5, 0.6) is 17.2 Å². The molecule has 0 aromatic heterocycles. The second-order valence-corrected chi connectivity index (χ2v) is 6.40. The molecule has 0 bridgehead atoms. The molecule has 166 valence electrons. The number of carbonyl (C=O) groups is 2. The minimum atomic E-state index is -3.15. The lowest BCUT2D eigenvalue weighted by Crippen LogP contribution is -2.19. The van der Waals surface area contributed by atoms with E-state index < -0.39 is 24.2 Å². The molecule has 3 rings (SSSR count). The molecule has 0 spiro atoms. The number of methoxy groups -OCH3 is 2. The average Bonchev–Trinajstić information content (AvgIpc) is 2.79. The minimum Gasteiger partial charge on any atom is -0.497 e. The Hall–Kier alpha value is -4.14. The van der Waals surface area contributed by atoms with Crippen molar-refractivity contribution in [3.05, 3.63) is 77.9 Å². The topological polar surface area (TPSA) is 85.9 Å². The first-order chi connectivity index (χ1) is 15.4. The fourth-order valence-electron chi connectivity index (χ4n) is 2.95. The number of amides is 2. The van der Waals surface area contributed by atoms with E-state index in [0.29, 0.717) is 11.4 Å². The highest BCUT2D eigenvalue weighted by molar-refractivity contribution is 6.13. The molecule has 0 saturated carbocycles. The Morgan fingerprint density at radius 1 is 0.812 bits per heavy atom. The van der Waals surface area contributed by atoms with Crippen LogP contribution in [0.25, 0.3) is 0 Å². The van der Waals surface area contributed by atoms with Gasteiger partial charge in [0.15, 0.2) is 11.5 Å². The summed E-state index contributed by atoms with van der Waals surface area (Å²) in [5.41, 5.74) is 0.676. The number of anilines is 2. The molecule has 3 aromatic carbocycles. The first-order valence-electron chi connectivity index (χ1n) is 9.40. The van der Waals surface area contributed by atoms with Crippen LogP contribution in [0.3, 0.4) is 0 Å². The van der Waals surface area contributed by atoms with E-state index in [1.54, 1.807) is 36.4 Å². The summed E-state index contributed by atoms with van der Waals surface area (Å²) in [6.07, 6.45) is 0. The second kappa shape index (κ2) is 10.3. The molecule has 0 atom stereocenters. The lowest BCUT2D eigenvalue weighted by Gasteiger charge is -2.15. The monoisotopic (exact) mass is 442 g/mol. The summed E-state index contributed by atoms with van der Waals surface area (Å²) in [7, 11) is 2.78. The van der Waals surface area contributed by atoms with E-state index in [0.717, 1.165) is 0 Å². The highest BCUT2D eigenvalue weighted by Gasteiger charge is 2.22. The fourth-order valence-corrected chi connectivity index (χ4v) is 2.95. The van der Waals surface area contributed by atoms with Gasteiger partial charge in [0.1, 0.15) is 5.75 Å². The van der Waals surface area contributed by atoms with Crippen molar-refractivity contribution in [2.45, 2.75) is 6.61 Å². The summed E-state index contributed by atoms with van der Waals surface area (Å²) in [6.45, 7) is -3.15. The summed E-state index contributed by atoms with van der Waals surface area (Å²) in [4.78, 5) is 25.7. The molecule has 0 aliphatic carbocycles. The Kier molecular flexibility index (Phi) is 7.22. The number of ether oxygens (including phenoxy) is 3. The molecule has 0 unspecified atom stereocenters. The molecule has 2 amide bonds. The summed E-state index contributed by atoms with van der Waals surface area (Å²) < 4.78 is 40.4. The highest BCUT2D eigenvalue weighted by atomic mass is 19.3. The van der Waals surface area contributed by atoms with Gasteiger partial charge in [-0.1, -0.05) is 24.3 Å². The van der Waals surface area contributed by atoms with Crippen molar-refractivity contribution in [2.24, 2.45) is 0 Å². The van der Waals surface area contributed by atoms with Crippen molar-refractivity contribution >= 4 is 23.2 Å². The standard InChI is InChI=1S/C23H20F2N2O5/c1-30-15-8-5-7-14(13-15)26-21(28)16-9-3-4-11-18(16)27-22(29)17-10-6-12-19(31-2)20(17)32-23(24)25/h3-13,23H,1-2H3,(H,26,28)(H,27,29). The van der Waals surface area contributed by atoms with E-state index in [4.69, 9.17) is 9.47 Å². The lowest BCUT2D eigenvalue weighted by molar-refractivity contribution is -0.0515. The number of hydrogen-bond acceptors (Lipinski definition) is 5. The number of nitrogens with one attached hydrogen (secondary N) is 2. The van der Waals surface area contributed by atoms with Crippen LogP contribution in [0.4, 0.5) is 20.2 Å². The van der Waals surface area contributed by atoms with Crippen LogP contribution in [-0.4, -0.2) is 32.6 Å². The van der Waals surface area contributed by atoms with Crippen molar-refractivity contribution in [2.75, 3.05) is 24.9 Å². The quantitative estimate of drug-likeness (QED) is 0.523. The molecule has 0 heterocycles. The van der Waals surface area contributed by atoms with Gasteiger partial charge in [0.2, 0.25) is 0 Å². The smallest absolute Gasteiger partial charge is 0.387 e. The van der Waals surface area contributed by atoms with Crippen molar-refractivity contribution in [1.82, 2.24) is 0 Å². The number of para-hydroxylation sites is 2. The van der Waals surface area contributed by atoms with E-state index in [1.807, 2.05) is 0 Å². The number of benzene rings is 3. The SMILES string of the molecule is COc1cccc(NC(=O)c2ccccc2NC(=O)c2cccc(OC)c2OC(F)F)c1. The van der Waals surface area contributed by atoms with E-state index in [1.165, 1.54) is 44.6 Å². The van der Waals surface area contributed by atoms with Crippen LogP contribution in [-0.2, 0) is 0 Å². The van der Waals surface area contributed by atoms with Gasteiger partial charge in [-0.2, -0.15) is 8.78 Å². The Balaban J connectivity index is 1.86. The van der Waals surface area contributed by atoms with Gasteiger partial charge in [-0.3, -0.25) is 9.59 Å². The van der Waals surface area contributed by atoms with Crippen molar-refractivity contribution < 1.29 is 32.6 Å². The van der Waals surface area contributed by atoms with Gasteiger partial charge in [0, 0.05) is 11.8 Å². The van der Waals surface area contributed by atoms with Gasteiger partial charge in [-0.05, 0) is 36.4 Å². The molecule has 7 nitrogen and oxygen atoms in total. The molecular weight excluding hydrogens is 422 g/mol. The van der Waals surface area contributed by atoms with E-state index in [9.17, 15) is 18.4 Å². The van der Waals surface area contributed by atoms with Gasteiger partial charge in [-0.15, -0.1) is 0 Å². The van der Waals surface area contributed by atoms with Gasteiger partial charge < -0.3 is 24.8 Å². The average molecular weight is 442 g/mol. The fraction of sp³-hybridized carbons (Fsp3) is 0.130. The Morgan fingerprint density at radius 2 is 1.50 bits per heavy atom. The normalized spacial score (nSPS) is 10.4. The predicted octanol–water partition coefficient (Wildman–Crippen LogP) is 4.81. The Labute approximate surface area is 182 Å². The maximum Gasteiger partial charge on any atom is 0.387 e. The van der Waals surface area contributed by atoms with Gasteiger partial charge >= 0.3 is 6.61 Å². The molecule has 2 N–H and O–H groups in total. The molecule has 0 aliphatic heterocycles. The van der Waals surface area contributed by atoms with Crippen molar-refractivity contribution in [3.63, 3.8) is 0 Å². The molecule has 3 aromatic rings. The predicted molar refractivity (Wildman–Crippen MR) is 115 cm³/mol. The van der Waals surface area contributed by atoms with Crippen LogP contribution in [0.15, 0.2) is 66.7 Å². The third-order valence-electron chi connectivity index (χ3n) is 4.40. The third kappa shape index (κ3) is 5.31. The van der Waals surface area contributed by atoms with Crippen LogP contribution in [0.1, 0.15) is 20.7 Å². The first-order valence-corrected chi connectivity index (χ1v) is 9.40. The molecule has 0 fully saturated rings. The summed E-state index contributed by atoms with van der Waals surface area (Å²) in [6, 6.07) is 17.3. The summed E-state index contributed by atoms with van der Waals surface area (Å²) in [5, 5.41) is 5.30. The largest absolute Gasteiger partial charge is 0.497 e. The molecule has 9 heteroatoms. The molecule has 32 heavy (non-hydrogen) atoms. The van der Waals surface area contributed by atoms with Crippen LogP contribution in [0, 0.1) is 0 Å². The van der Waals surface area contributed by atoms with Gasteiger partial charge in [-0.25, -0.2) is 0 Å². The lowest BCUT2D eigenvalue weighted by atomic mass is 10.1. The van der Waals surface area contributed by atoms with Crippen molar-refractivity contribution in [1.29, 1.82) is 0 Å². The van der Waals surface area contributed by atoms with Crippen LogP contribution in [0.2, 0.25) is 0 Å². The Bertz CT molecular complexity index is 1120. The molecule has 0 saturated heterocycles. The zero-order valence-corrected chi connectivity index (χ0v) is 17.2. The number of rotatable bonds is 8. The zero-order chi connectivity index (χ0) is 23.1. The maximum absolute atomic E-state index is 12.9. The summed E-state index contributed by atoms with van der Waals surface area (Å²) >= 11 is 0. The van der Waals surface area contributed by atoms with E-state index in [-0.39, 0.29) is 22.6 Å². The second-order valence-electron chi connectivity index (χ2n) is 6.40. The maximum atomic E-state index is 12.9. The molecular formula is C23H20F2N2O5. The van der Waals surface area contributed by atoms with Crippen molar-refractivity contribution in [3.8, 4) is 17.2 Å². The van der Waals surface area contributed by atoms with Crippen LogP contribution >= 0.6 is 0 Å². The highest BCUT2D eigenvalue weighted by Crippen LogP contribution is 2.33. The first kappa shape index (κ1) is 22.5. The number of halogens is 2. The van der Waals surface area contributed by atoms with E-state index in [2.05, 4.69) is 15.4 Å².